The lowest BCUT2D eigenvalue weighted by Crippen LogP contribution is -2.50. The minimum atomic E-state index is -0.573. The highest BCUT2D eigenvalue weighted by atomic mass is 35.5. The number of pyridine rings is 1. The zero-order valence-corrected chi connectivity index (χ0v) is 17.9. The highest BCUT2D eigenvalue weighted by Gasteiger charge is 2.24. The van der Waals surface area contributed by atoms with E-state index in [1.165, 1.54) is 0 Å². The van der Waals surface area contributed by atoms with Crippen LogP contribution < -0.4 is 10.6 Å². The van der Waals surface area contributed by atoms with E-state index in [9.17, 15) is 9.59 Å². The lowest BCUT2D eigenvalue weighted by molar-refractivity contribution is -0.123. The quantitative estimate of drug-likeness (QED) is 0.478. The Hall–Kier alpha value is -2.05. The summed E-state index contributed by atoms with van der Waals surface area (Å²) in [5, 5.41) is 6.27. The van der Waals surface area contributed by atoms with Crippen LogP contribution in [0.25, 0.3) is 0 Å². The molecule has 2 N–H and O–H groups in total. The number of benzene rings is 1. The molecule has 1 aromatic carbocycles. The summed E-state index contributed by atoms with van der Waals surface area (Å²) < 4.78 is 0. The average molecular weight is 420 g/mol. The van der Waals surface area contributed by atoms with Crippen LogP contribution in [-0.4, -0.2) is 35.1 Å². The molecule has 150 valence electrons. The minimum absolute atomic E-state index is 0.0143. The van der Waals surface area contributed by atoms with Crippen LogP contribution in [0.15, 0.2) is 42.6 Å². The summed E-state index contributed by atoms with van der Waals surface area (Å²) in [5.41, 5.74) is 2.57. The number of nitrogens with zero attached hydrogens (tertiary/aromatic N) is 1. The van der Waals surface area contributed by atoms with Crippen molar-refractivity contribution < 1.29 is 9.59 Å². The fourth-order valence-electron chi connectivity index (χ4n) is 2.66. The van der Waals surface area contributed by atoms with Gasteiger partial charge in [-0.1, -0.05) is 43.6 Å². The number of hydrogen-bond donors (Lipinski definition) is 2. The van der Waals surface area contributed by atoms with Gasteiger partial charge in [0.15, 0.2) is 0 Å². The molecule has 1 atom stereocenters. The molecule has 28 heavy (non-hydrogen) atoms. The summed E-state index contributed by atoms with van der Waals surface area (Å²) in [6.45, 7) is 6.26. The normalized spacial score (nSPS) is 11.9. The molecule has 0 aliphatic rings. The number of thioether (sulfide) groups is 1. The van der Waals surface area contributed by atoms with Crippen LogP contribution in [0, 0.1) is 12.8 Å². The van der Waals surface area contributed by atoms with Crippen LogP contribution in [0.3, 0.4) is 0 Å². The molecular weight excluding hydrogens is 394 g/mol. The second-order valence-electron chi connectivity index (χ2n) is 6.84. The van der Waals surface area contributed by atoms with E-state index < -0.39 is 6.04 Å². The van der Waals surface area contributed by atoms with Crippen LogP contribution in [0.5, 0.6) is 0 Å². The van der Waals surface area contributed by atoms with Gasteiger partial charge in [-0.2, -0.15) is 11.8 Å². The van der Waals surface area contributed by atoms with E-state index in [0.29, 0.717) is 17.3 Å². The summed E-state index contributed by atoms with van der Waals surface area (Å²) in [4.78, 5) is 29.0. The third kappa shape index (κ3) is 6.84. The van der Waals surface area contributed by atoms with Crippen LogP contribution in [0.2, 0.25) is 5.15 Å². The van der Waals surface area contributed by atoms with Gasteiger partial charge in [0.2, 0.25) is 5.91 Å². The second-order valence-corrected chi connectivity index (χ2v) is 8.33. The second kappa shape index (κ2) is 11.1. The maximum atomic E-state index is 12.6. The van der Waals surface area contributed by atoms with E-state index in [2.05, 4.69) is 15.6 Å². The van der Waals surface area contributed by atoms with E-state index in [1.54, 1.807) is 24.0 Å². The maximum absolute atomic E-state index is 12.6. The molecule has 1 unspecified atom stereocenters. The number of carbonyl (C=O) groups is 2. The Morgan fingerprint density at radius 1 is 1.21 bits per heavy atom. The first-order valence-corrected chi connectivity index (χ1v) is 10.7. The van der Waals surface area contributed by atoms with E-state index in [4.69, 9.17) is 11.6 Å². The number of hydrogen-bond acceptors (Lipinski definition) is 4. The summed E-state index contributed by atoms with van der Waals surface area (Å²) in [6, 6.07) is 10.5. The number of nitrogens with one attached hydrogen (secondary N) is 2. The van der Waals surface area contributed by atoms with E-state index in [-0.39, 0.29) is 17.7 Å². The molecule has 5 nitrogen and oxygen atoms in total. The van der Waals surface area contributed by atoms with Gasteiger partial charge in [0, 0.05) is 29.8 Å². The van der Waals surface area contributed by atoms with E-state index in [1.807, 2.05) is 51.1 Å². The first-order valence-electron chi connectivity index (χ1n) is 9.21. The van der Waals surface area contributed by atoms with Gasteiger partial charge in [-0.05, 0) is 42.2 Å². The summed E-state index contributed by atoms with van der Waals surface area (Å²) in [6.07, 6.45) is 1.68. The SMILES string of the molecule is Cc1ccccc1C(=O)NC(C(=O)NCCSCc1ccnc(Cl)c1)C(C)C. The lowest BCUT2D eigenvalue weighted by Gasteiger charge is -2.22. The van der Waals surface area contributed by atoms with E-state index in [0.717, 1.165) is 22.6 Å². The van der Waals surface area contributed by atoms with Crippen LogP contribution in [0.4, 0.5) is 0 Å². The van der Waals surface area contributed by atoms with Crippen molar-refractivity contribution in [2.45, 2.75) is 32.6 Å². The molecule has 0 bridgehead atoms. The van der Waals surface area contributed by atoms with Crippen molar-refractivity contribution in [2.75, 3.05) is 12.3 Å². The first kappa shape index (κ1) is 22.2. The number of carbonyl (C=O) groups excluding carboxylic acids is 2. The minimum Gasteiger partial charge on any atom is -0.353 e. The van der Waals surface area contributed by atoms with Crippen molar-refractivity contribution in [3.8, 4) is 0 Å². The number of amides is 2. The summed E-state index contributed by atoms with van der Waals surface area (Å²) in [7, 11) is 0. The molecule has 0 radical (unpaired) electrons. The molecule has 1 heterocycles. The van der Waals surface area contributed by atoms with Gasteiger partial charge < -0.3 is 10.6 Å². The zero-order valence-electron chi connectivity index (χ0n) is 16.4. The lowest BCUT2D eigenvalue weighted by atomic mass is 10.0. The van der Waals surface area contributed by atoms with Crippen LogP contribution in [0.1, 0.15) is 35.3 Å². The predicted molar refractivity (Wildman–Crippen MR) is 116 cm³/mol. The Morgan fingerprint density at radius 3 is 2.64 bits per heavy atom. The Morgan fingerprint density at radius 2 is 1.96 bits per heavy atom. The molecule has 1 aromatic heterocycles. The largest absolute Gasteiger partial charge is 0.353 e. The smallest absolute Gasteiger partial charge is 0.252 e. The Kier molecular flexibility index (Phi) is 8.80. The topological polar surface area (TPSA) is 71.1 Å². The molecule has 0 aliphatic carbocycles. The van der Waals surface area contributed by atoms with Crippen molar-refractivity contribution in [1.82, 2.24) is 15.6 Å². The fourth-order valence-corrected chi connectivity index (χ4v) is 3.66. The van der Waals surface area contributed by atoms with Gasteiger partial charge in [0.25, 0.3) is 5.91 Å². The van der Waals surface area contributed by atoms with Gasteiger partial charge in [-0.3, -0.25) is 9.59 Å². The number of halogens is 1. The number of rotatable bonds is 9. The molecule has 2 amide bonds. The third-order valence-corrected chi connectivity index (χ3v) is 5.47. The Bertz CT molecular complexity index is 814. The molecule has 0 aliphatic heterocycles. The Labute approximate surface area is 175 Å². The van der Waals surface area contributed by atoms with Gasteiger partial charge in [-0.15, -0.1) is 0 Å². The number of aryl methyl sites for hydroxylation is 1. The summed E-state index contributed by atoms with van der Waals surface area (Å²) in [5.74, 6) is 1.16. The van der Waals surface area contributed by atoms with Gasteiger partial charge in [0.05, 0.1) is 0 Å². The maximum Gasteiger partial charge on any atom is 0.252 e. The average Bonchev–Trinajstić information content (AvgIpc) is 2.65. The predicted octanol–water partition coefficient (Wildman–Crippen LogP) is 3.85. The zero-order chi connectivity index (χ0) is 20.5. The third-order valence-electron chi connectivity index (χ3n) is 4.23. The molecule has 7 heteroatoms. The van der Waals surface area contributed by atoms with Crippen LogP contribution >= 0.6 is 23.4 Å². The van der Waals surface area contributed by atoms with Crippen molar-refractivity contribution in [2.24, 2.45) is 5.92 Å². The highest BCUT2D eigenvalue weighted by molar-refractivity contribution is 7.98. The first-order chi connectivity index (χ1) is 13.4. The Balaban J connectivity index is 1.80. The monoisotopic (exact) mass is 419 g/mol. The van der Waals surface area contributed by atoms with Crippen LogP contribution in [-0.2, 0) is 10.5 Å². The summed E-state index contributed by atoms with van der Waals surface area (Å²) >= 11 is 7.58. The van der Waals surface area contributed by atoms with E-state index >= 15 is 0 Å². The molecule has 0 saturated carbocycles. The van der Waals surface area contributed by atoms with Gasteiger partial charge in [0.1, 0.15) is 11.2 Å². The van der Waals surface area contributed by atoms with Crippen molar-refractivity contribution in [3.63, 3.8) is 0 Å². The molecular formula is C21H26ClN3O2S. The molecule has 0 spiro atoms. The van der Waals surface area contributed by atoms with Gasteiger partial charge in [-0.25, -0.2) is 4.98 Å². The highest BCUT2D eigenvalue weighted by Crippen LogP contribution is 2.14. The number of aromatic nitrogens is 1. The van der Waals surface area contributed by atoms with Crippen molar-refractivity contribution >= 4 is 35.2 Å². The molecule has 0 saturated heterocycles. The van der Waals surface area contributed by atoms with Crippen molar-refractivity contribution in [1.29, 1.82) is 0 Å². The molecule has 2 rings (SSSR count). The fraction of sp³-hybridized carbons (Fsp3) is 0.381. The standard InChI is InChI=1S/C21H26ClN3O2S/c1-14(2)19(25-20(26)17-7-5-4-6-15(17)3)21(27)24-10-11-28-13-16-8-9-23-18(22)12-16/h4-9,12,14,19H,10-11,13H2,1-3H3,(H,24,27)(H,25,26). The van der Waals surface area contributed by atoms with Crippen molar-refractivity contribution in [3.05, 3.63) is 64.4 Å². The molecule has 0 fully saturated rings. The molecule has 2 aromatic rings. The van der Waals surface area contributed by atoms with Gasteiger partial charge >= 0.3 is 0 Å².